The van der Waals surface area contributed by atoms with E-state index in [1.165, 1.54) is 64.5 Å². The molecule has 6 nitrogen and oxygen atoms in total. The Balaban J connectivity index is 1.50. The van der Waals surface area contributed by atoms with E-state index in [0.29, 0.717) is 0 Å². The lowest BCUT2D eigenvalue weighted by molar-refractivity contribution is -0.133. The molecule has 3 fully saturated rings. The molecule has 150 valence electrons. The van der Waals surface area contributed by atoms with Crippen molar-refractivity contribution in [1.29, 1.82) is 0 Å². The molecule has 3 aliphatic rings. The highest BCUT2D eigenvalue weighted by molar-refractivity contribution is 5.84. The van der Waals surface area contributed by atoms with E-state index in [1.807, 2.05) is 16.9 Å². The van der Waals surface area contributed by atoms with E-state index in [0.717, 1.165) is 32.5 Å². The molecule has 4 rings (SSSR count). The zero-order chi connectivity index (χ0) is 18.6. The fourth-order valence-corrected chi connectivity index (χ4v) is 5.51. The van der Waals surface area contributed by atoms with Gasteiger partial charge in [-0.15, -0.1) is 0 Å². The number of hydrogen-bond donors (Lipinski definition) is 2. The molecule has 0 atom stereocenters. The van der Waals surface area contributed by atoms with E-state index < -0.39 is 5.54 Å². The summed E-state index contributed by atoms with van der Waals surface area (Å²) >= 11 is 0. The summed E-state index contributed by atoms with van der Waals surface area (Å²) in [6.45, 7) is 4.92. The van der Waals surface area contributed by atoms with Crippen LogP contribution in [-0.2, 0) is 10.3 Å². The van der Waals surface area contributed by atoms with Crippen LogP contribution in [0.25, 0.3) is 0 Å². The van der Waals surface area contributed by atoms with E-state index >= 15 is 0 Å². The van der Waals surface area contributed by atoms with E-state index in [-0.39, 0.29) is 11.4 Å². The molecule has 0 spiro atoms. The van der Waals surface area contributed by atoms with Gasteiger partial charge in [-0.05, 0) is 70.8 Å². The van der Waals surface area contributed by atoms with Crippen LogP contribution in [0.1, 0.15) is 64.2 Å². The standard InChI is InChI=1S/C21H35N5O/c27-19(21(10-13-22-14-11-21)26-17-7-12-24-26)23-18-20(8-3-1-4-9-20)25-15-5-2-6-16-25/h7,12,17,22H,1-6,8-11,13-16,18H2,(H,23,27). The predicted octanol–water partition coefficient (Wildman–Crippen LogP) is 2.27. The number of carbonyl (C=O) groups excluding carboxylic acids is 1. The molecule has 1 amide bonds. The third-order valence-electron chi connectivity index (χ3n) is 7.19. The average Bonchev–Trinajstić information content (AvgIpc) is 3.29. The number of amides is 1. The quantitative estimate of drug-likeness (QED) is 0.831. The van der Waals surface area contributed by atoms with Gasteiger partial charge in [-0.25, -0.2) is 0 Å². The van der Waals surface area contributed by atoms with Crippen LogP contribution in [0.4, 0.5) is 0 Å². The van der Waals surface area contributed by atoms with Gasteiger partial charge in [-0.2, -0.15) is 5.10 Å². The number of piperidine rings is 2. The molecule has 2 N–H and O–H groups in total. The Labute approximate surface area is 163 Å². The fraction of sp³-hybridized carbons (Fsp3) is 0.810. The third kappa shape index (κ3) is 3.79. The second-order valence-electron chi connectivity index (χ2n) is 8.75. The van der Waals surface area contributed by atoms with Crippen LogP contribution in [-0.4, -0.2) is 58.9 Å². The lowest BCUT2D eigenvalue weighted by atomic mass is 9.78. The molecule has 1 aliphatic carbocycles. The fourth-order valence-electron chi connectivity index (χ4n) is 5.51. The minimum Gasteiger partial charge on any atom is -0.352 e. The summed E-state index contributed by atoms with van der Waals surface area (Å²) in [5, 5.41) is 11.3. The molecule has 2 saturated heterocycles. The van der Waals surface area contributed by atoms with Crippen LogP contribution in [0, 0.1) is 0 Å². The van der Waals surface area contributed by atoms with Crippen LogP contribution >= 0.6 is 0 Å². The zero-order valence-corrected chi connectivity index (χ0v) is 16.6. The first kappa shape index (κ1) is 18.9. The molecule has 2 aliphatic heterocycles. The molecule has 3 heterocycles. The summed E-state index contributed by atoms with van der Waals surface area (Å²) in [5.41, 5.74) is -0.362. The first-order chi connectivity index (χ1) is 13.3. The Hall–Kier alpha value is -1.40. The van der Waals surface area contributed by atoms with Gasteiger partial charge in [0.15, 0.2) is 0 Å². The highest BCUT2D eigenvalue weighted by atomic mass is 16.2. The summed E-state index contributed by atoms with van der Waals surface area (Å²) in [6.07, 6.45) is 15.7. The smallest absolute Gasteiger partial charge is 0.248 e. The Morgan fingerprint density at radius 3 is 2.37 bits per heavy atom. The normalized spacial score (nSPS) is 25.8. The first-order valence-electron chi connectivity index (χ1n) is 11.0. The van der Waals surface area contributed by atoms with Gasteiger partial charge in [0.2, 0.25) is 5.91 Å². The number of likely N-dealkylation sites (tertiary alicyclic amines) is 1. The molecular formula is C21H35N5O. The maximum absolute atomic E-state index is 13.5. The van der Waals surface area contributed by atoms with Gasteiger partial charge >= 0.3 is 0 Å². The van der Waals surface area contributed by atoms with E-state index in [4.69, 9.17) is 0 Å². The number of rotatable bonds is 5. The van der Waals surface area contributed by atoms with Crippen LogP contribution in [0.3, 0.4) is 0 Å². The van der Waals surface area contributed by atoms with Crippen LogP contribution in [0.5, 0.6) is 0 Å². The Morgan fingerprint density at radius 2 is 1.70 bits per heavy atom. The van der Waals surface area contributed by atoms with E-state index in [9.17, 15) is 4.79 Å². The van der Waals surface area contributed by atoms with E-state index in [1.54, 1.807) is 6.20 Å². The molecule has 0 unspecified atom stereocenters. The van der Waals surface area contributed by atoms with Crippen molar-refractivity contribution in [1.82, 2.24) is 25.3 Å². The Bertz CT molecular complexity index is 596. The Morgan fingerprint density at radius 1 is 1.00 bits per heavy atom. The van der Waals surface area contributed by atoms with Crippen molar-refractivity contribution in [2.24, 2.45) is 0 Å². The minimum atomic E-state index is -0.535. The maximum Gasteiger partial charge on any atom is 0.248 e. The van der Waals surface area contributed by atoms with Gasteiger partial charge in [0.1, 0.15) is 5.54 Å². The van der Waals surface area contributed by atoms with Gasteiger partial charge in [0.25, 0.3) is 0 Å². The molecular weight excluding hydrogens is 338 g/mol. The molecule has 0 radical (unpaired) electrons. The van der Waals surface area contributed by atoms with Crippen molar-refractivity contribution < 1.29 is 4.79 Å². The second kappa shape index (κ2) is 8.31. The third-order valence-corrected chi connectivity index (χ3v) is 7.19. The van der Waals surface area contributed by atoms with Crippen molar-refractivity contribution in [3.05, 3.63) is 18.5 Å². The molecule has 0 aromatic carbocycles. The van der Waals surface area contributed by atoms with Crippen LogP contribution in [0.15, 0.2) is 18.5 Å². The monoisotopic (exact) mass is 373 g/mol. The first-order valence-corrected chi connectivity index (χ1v) is 11.0. The van der Waals surface area contributed by atoms with Crippen molar-refractivity contribution >= 4 is 5.91 Å². The number of carbonyl (C=O) groups is 1. The lowest BCUT2D eigenvalue weighted by Crippen LogP contribution is -2.61. The van der Waals surface area contributed by atoms with Crippen LogP contribution in [0.2, 0.25) is 0 Å². The number of aromatic nitrogens is 2. The topological polar surface area (TPSA) is 62.2 Å². The summed E-state index contributed by atoms with van der Waals surface area (Å²) in [5.74, 6) is 0.162. The van der Waals surface area contributed by atoms with E-state index in [2.05, 4.69) is 20.6 Å². The number of nitrogens with zero attached hydrogens (tertiary/aromatic N) is 3. The Kier molecular flexibility index (Phi) is 5.83. The zero-order valence-electron chi connectivity index (χ0n) is 16.6. The van der Waals surface area contributed by atoms with Crippen molar-refractivity contribution in [3.63, 3.8) is 0 Å². The van der Waals surface area contributed by atoms with Crippen molar-refractivity contribution in [2.75, 3.05) is 32.7 Å². The minimum absolute atomic E-state index is 0.162. The number of hydrogen-bond acceptors (Lipinski definition) is 4. The predicted molar refractivity (Wildman–Crippen MR) is 107 cm³/mol. The van der Waals surface area contributed by atoms with Crippen molar-refractivity contribution in [3.8, 4) is 0 Å². The molecule has 6 heteroatoms. The molecule has 27 heavy (non-hydrogen) atoms. The summed E-state index contributed by atoms with van der Waals surface area (Å²) in [6, 6.07) is 1.92. The molecule has 0 bridgehead atoms. The van der Waals surface area contributed by atoms with Crippen molar-refractivity contribution in [2.45, 2.75) is 75.3 Å². The molecule has 1 aromatic rings. The van der Waals surface area contributed by atoms with Crippen LogP contribution < -0.4 is 10.6 Å². The lowest BCUT2D eigenvalue weighted by Gasteiger charge is -2.49. The van der Waals surface area contributed by atoms with Gasteiger partial charge in [0, 0.05) is 24.5 Å². The molecule has 1 saturated carbocycles. The largest absolute Gasteiger partial charge is 0.352 e. The average molecular weight is 374 g/mol. The second-order valence-corrected chi connectivity index (χ2v) is 8.75. The highest BCUT2D eigenvalue weighted by Gasteiger charge is 2.44. The van der Waals surface area contributed by atoms with Gasteiger partial charge in [-0.3, -0.25) is 14.4 Å². The summed E-state index contributed by atoms with van der Waals surface area (Å²) < 4.78 is 1.90. The van der Waals surface area contributed by atoms with Gasteiger partial charge < -0.3 is 10.6 Å². The summed E-state index contributed by atoms with van der Waals surface area (Å²) in [7, 11) is 0. The maximum atomic E-state index is 13.5. The number of nitrogens with one attached hydrogen (secondary N) is 2. The SMILES string of the molecule is O=C(NCC1(N2CCCCC2)CCCCC1)C1(n2cccn2)CCNCC1. The highest BCUT2D eigenvalue weighted by Crippen LogP contribution is 2.36. The summed E-state index contributed by atoms with van der Waals surface area (Å²) in [4.78, 5) is 16.2. The van der Waals surface area contributed by atoms with Gasteiger partial charge in [0.05, 0.1) is 0 Å². The molecule has 1 aromatic heterocycles. The van der Waals surface area contributed by atoms with Gasteiger partial charge in [-0.1, -0.05) is 25.7 Å².